The molecule has 1 saturated carbocycles. The zero-order valence-corrected chi connectivity index (χ0v) is 18.2. The van der Waals surface area contributed by atoms with Crippen LogP contribution < -0.4 is 5.73 Å². The minimum absolute atomic E-state index is 0.0433. The number of primary amides is 1. The molecule has 8 heteroatoms. The first-order valence-electron chi connectivity index (χ1n) is 10.9. The highest BCUT2D eigenvalue weighted by molar-refractivity contribution is 5.83. The van der Waals surface area contributed by atoms with Crippen molar-refractivity contribution < 1.29 is 23.8 Å². The number of aromatic nitrogens is 1. The monoisotopic (exact) mass is 441 g/mol. The number of nitrogens with two attached hydrogens (primary N) is 1. The maximum Gasteiger partial charge on any atom is 0.409 e. The molecule has 2 aromatic rings. The summed E-state index contributed by atoms with van der Waals surface area (Å²) in [5.41, 5.74) is 6.40. The van der Waals surface area contributed by atoms with E-state index in [-0.39, 0.29) is 6.42 Å². The number of hydrogen-bond donors (Lipinski definition) is 2. The van der Waals surface area contributed by atoms with Gasteiger partial charge in [0.2, 0.25) is 5.91 Å². The first-order chi connectivity index (χ1) is 15.2. The van der Waals surface area contributed by atoms with E-state index in [9.17, 15) is 19.1 Å². The molecule has 32 heavy (non-hydrogen) atoms. The van der Waals surface area contributed by atoms with Gasteiger partial charge in [0.05, 0.1) is 17.8 Å². The van der Waals surface area contributed by atoms with Crippen LogP contribution in [0.25, 0.3) is 0 Å². The van der Waals surface area contributed by atoms with E-state index in [1.165, 1.54) is 6.07 Å². The molecule has 1 aromatic carbocycles. The van der Waals surface area contributed by atoms with E-state index >= 15 is 0 Å². The van der Waals surface area contributed by atoms with E-state index in [0.717, 1.165) is 29.7 Å². The number of halogens is 1. The molecule has 7 nitrogen and oxygen atoms in total. The molecule has 2 fully saturated rings. The van der Waals surface area contributed by atoms with Crippen LogP contribution in [0.2, 0.25) is 0 Å². The number of carboxylic acid groups (broad SMARTS) is 1. The van der Waals surface area contributed by atoms with Crippen LogP contribution in [0.3, 0.4) is 0 Å². The predicted molar refractivity (Wildman–Crippen MR) is 115 cm³/mol. The summed E-state index contributed by atoms with van der Waals surface area (Å²) in [6, 6.07) is 9.12. The Bertz CT molecular complexity index is 1020. The molecule has 1 unspecified atom stereocenters. The van der Waals surface area contributed by atoms with Crippen LogP contribution in [0, 0.1) is 11.7 Å². The molecular weight excluding hydrogens is 413 g/mol. The number of pyridine rings is 1. The van der Waals surface area contributed by atoms with Crippen LogP contribution in [0.4, 0.5) is 9.18 Å². The van der Waals surface area contributed by atoms with Gasteiger partial charge in [-0.2, -0.15) is 0 Å². The lowest BCUT2D eigenvalue weighted by molar-refractivity contribution is -0.125. The molecule has 2 heterocycles. The van der Waals surface area contributed by atoms with Crippen LogP contribution in [0.15, 0.2) is 42.6 Å². The second-order valence-corrected chi connectivity index (χ2v) is 9.12. The number of ether oxygens (including phenoxy) is 1. The van der Waals surface area contributed by atoms with Crippen molar-refractivity contribution in [3.8, 4) is 0 Å². The van der Waals surface area contributed by atoms with Gasteiger partial charge in [0.25, 0.3) is 0 Å². The fourth-order valence-corrected chi connectivity index (χ4v) is 4.76. The van der Waals surface area contributed by atoms with Gasteiger partial charge in [-0.25, -0.2) is 9.18 Å². The van der Waals surface area contributed by atoms with E-state index in [0.29, 0.717) is 17.2 Å². The molecule has 1 saturated heterocycles. The zero-order valence-electron chi connectivity index (χ0n) is 18.2. The Kier molecular flexibility index (Phi) is 5.90. The van der Waals surface area contributed by atoms with Gasteiger partial charge in [-0.3, -0.25) is 14.7 Å². The molecule has 1 aliphatic carbocycles. The molecule has 0 spiro atoms. The number of amides is 2. The van der Waals surface area contributed by atoms with E-state index in [1.54, 1.807) is 38.2 Å². The predicted octanol–water partition coefficient (Wildman–Crippen LogP) is 3.47. The van der Waals surface area contributed by atoms with Crippen LogP contribution >= 0.6 is 0 Å². The summed E-state index contributed by atoms with van der Waals surface area (Å²) in [6.45, 7) is 3.24. The highest BCUT2D eigenvalue weighted by Gasteiger charge is 2.54. The Hall–Kier alpha value is -3.00. The Balaban J connectivity index is 1.77. The van der Waals surface area contributed by atoms with Crippen LogP contribution in [-0.4, -0.2) is 44.9 Å². The zero-order chi connectivity index (χ0) is 23.0. The van der Waals surface area contributed by atoms with Crippen molar-refractivity contribution in [3.05, 3.63) is 65.2 Å². The average molecular weight is 442 g/mol. The van der Waals surface area contributed by atoms with Crippen LogP contribution in [-0.2, 0) is 22.4 Å². The van der Waals surface area contributed by atoms with Gasteiger partial charge < -0.3 is 15.6 Å². The van der Waals surface area contributed by atoms with Crippen molar-refractivity contribution in [3.63, 3.8) is 0 Å². The number of carbonyl (C=O) groups is 2. The lowest BCUT2D eigenvalue weighted by Gasteiger charge is -2.31. The molecule has 2 amide bonds. The molecule has 3 N–H and O–H groups in total. The van der Waals surface area contributed by atoms with E-state index in [2.05, 4.69) is 4.98 Å². The number of nitrogens with zero attached hydrogens (tertiary/aromatic N) is 2. The standard InChI is InChI=1S/C24H28FN3O4/c1-24(2)28(23(30)31)18(13-15-6-3-4-8-17(15)25)21(32-24)19(22(26)29)20-16(7-5-11-27-20)12-14-9-10-14/h3-8,11,14,18-19,21H,9-10,12-13H2,1-2H3,(H2,26,29)(H,30,31)/t18-,19?,21-/m1/s1. The third-order valence-electron chi connectivity index (χ3n) is 6.37. The highest BCUT2D eigenvalue weighted by Crippen LogP contribution is 2.42. The van der Waals surface area contributed by atoms with Gasteiger partial charge in [-0.1, -0.05) is 24.3 Å². The van der Waals surface area contributed by atoms with Crippen molar-refractivity contribution >= 4 is 12.0 Å². The highest BCUT2D eigenvalue weighted by atomic mass is 19.1. The quantitative estimate of drug-likeness (QED) is 0.684. The Morgan fingerprint density at radius 3 is 2.53 bits per heavy atom. The second kappa shape index (κ2) is 8.50. The summed E-state index contributed by atoms with van der Waals surface area (Å²) in [5.74, 6) is -1.50. The fraction of sp³-hybridized carbons (Fsp3) is 0.458. The molecule has 4 rings (SSSR count). The molecule has 1 aromatic heterocycles. The molecular formula is C24H28FN3O4. The molecule has 0 radical (unpaired) electrons. The van der Waals surface area contributed by atoms with Crippen LogP contribution in [0.5, 0.6) is 0 Å². The SMILES string of the molecule is CC1(C)O[C@@H](C(C(N)=O)c2ncccc2CC2CC2)[C@@H](Cc2ccccc2F)N1C(=O)O. The minimum Gasteiger partial charge on any atom is -0.465 e. The Labute approximate surface area is 186 Å². The second-order valence-electron chi connectivity index (χ2n) is 9.12. The lowest BCUT2D eigenvalue weighted by atomic mass is 9.86. The van der Waals surface area contributed by atoms with Crippen molar-refractivity contribution in [2.45, 2.75) is 63.3 Å². The van der Waals surface area contributed by atoms with Crippen LogP contribution in [0.1, 0.15) is 49.4 Å². The first-order valence-corrected chi connectivity index (χ1v) is 10.9. The van der Waals surface area contributed by atoms with Crippen molar-refractivity contribution in [1.82, 2.24) is 9.88 Å². The molecule has 2 aliphatic rings. The van der Waals surface area contributed by atoms with Gasteiger partial charge >= 0.3 is 6.09 Å². The molecule has 0 bridgehead atoms. The number of hydrogen-bond acceptors (Lipinski definition) is 4. The molecule has 3 atom stereocenters. The Morgan fingerprint density at radius 2 is 1.91 bits per heavy atom. The third kappa shape index (κ3) is 4.32. The van der Waals surface area contributed by atoms with Crippen molar-refractivity contribution in [2.75, 3.05) is 0 Å². The average Bonchev–Trinajstić information content (AvgIpc) is 3.48. The largest absolute Gasteiger partial charge is 0.465 e. The number of carbonyl (C=O) groups excluding carboxylic acids is 1. The molecule has 1 aliphatic heterocycles. The minimum atomic E-state index is -1.23. The summed E-state index contributed by atoms with van der Waals surface area (Å²) >= 11 is 0. The first kappa shape index (κ1) is 22.2. The van der Waals surface area contributed by atoms with E-state index in [1.807, 2.05) is 12.1 Å². The summed E-state index contributed by atoms with van der Waals surface area (Å²) in [5, 5.41) is 9.98. The fourth-order valence-electron chi connectivity index (χ4n) is 4.76. The van der Waals surface area contributed by atoms with Gasteiger partial charge in [0.15, 0.2) is 0 Å². The van der Waals surface area contributed by atoms with Crippen molar-refractivity contribution in [2.24, 2.45) is 11.7 Å². The lowest BCUT2D eigenvalue weighted by Crippen LogP contribution is -2.49. The van der Waals surface area contributed by atoms with Gasteiger partial charge in [-0.05, 0) is 68.7 Å². The topological polar surface area (TPSA) is 106 Å². The maximum atomic E-state index is 14.5. The Morgan fingerprint density at radius 1 is 1.22 bits per heavy atom. The number of benzene rings is 1. The summed E-state index contributed by atoms with van der Waals surface area (Å²) in [4.78, 5) is 30.6. The third-order valence-corrected chi connectivity index (χ3v) is 6.37. The molecule has 170 valence electrons. The smallest absolute Gasteiger partial charge is 0.409 e. The van der Waals surface area contributed by atoms with Gasteiger partial charge in [-0.15, -0.1) is 0 Å². The van der Waals surface area contributed by atoms with E-state index < -0.39 is 41.6 Å². The van der Waals surface area contributed by atoms with Gasteiger partial charge in [0, 0.05) is 6.20 Å². The maximum absolute atomic E-state index is 14.5. The normalized spacial score (nSPS) is 23.2. The van der Waals surface area contributed by atoms with E-state index in [4.69, 9.17) is 10.5 Å². The van der Waals surface area contributed by atoms with Crippen molar-refractivity contribution in [1.29, 1.82) is 0 Å². The summed E-state index contributed by atoms with van der Waals surface area (Å²) < 4.78 is 20.7. The number of rotatable bonds is 7. The summed E-state index contributed by atoms with van der Waals surface area (Å²) in [6.07, 6.45) is 2.57. The summed E-state index contributed by atoms with van der Waals surface area (Å²) in [7, 11) is 0. The van der Waals surface area contributed by atoms with Gasteiger partial charge in [0.1, 0.15) is 17.5 Å².